The zero-order chi connectivity index (χ0) is 30.9. The molecule has 1 aliphatic rings. The van der Waals surface area contributed by atoms with Crippen LogP contribution in [0.1, 0.15) is 17.3 Å². The second-order valence-corrected chi connectivity index (χ2v) is 11.6. The predicted octanol–water partition coefficient (Wildman–Crippen LogP) is 9.70. The van der Waals surface area contributed by atoms with E-state index in [-0.39, 0.29) is 5.97 Å². The molecule has 7 rings (SSSR count). The van der Waals surface area contributed by atoms with Crippen LogP contribution in [-0.2, 0) is 4.74 Å². The fraction of sp³-hybridized carbons (Fsp3) is 0.105. The number of rotatable bonds is 7. The molecule has 0 aliphatic carbocycles. The van der Waals surface area contributed by atoms with E-state index in [1.807, 2.05) is 30.3 Å². The Bertz CT molecular complexity index is 1990. The van der Waals surface area contributed by atoms with Gasteiger partial charge in [-0.05, 0) is 78.7 Å². The van der Waals surface area contributed by atoms with Crippen LogP contribution in [0.2, 0.25) is 0 Å². The molecule has 0 spiro atoms. The molecule has 0 N–H and O–H groups in total. The first-order valence-electron chi connectivity index (χ1n) is 14.7. The molecule has 0 fully saturated rings. The van der Waals surface area contributed by atoms with Crippen molar-refractivity contribution in [2.24, 2.45) is 0 Å². The molecule has 1 aromatic heterocycles. The van der Waals surface area contributed by atoms with E-state index in [2.05, 4.69) is 77.7 Å². The standard InChI is InChI=1S/C38H30N2O4S/c1-4-44-38(41)25-18-16-24(17-19-25)31-23-30(26-20-27(42-2)22-28(21-26)43-3)29-10-9-13-34(37(29)39-31)40-32-11-5-7-14-35(32)45-36-15-8-6-12-33(36)40/h5-23H,4H2,1-3H3. The average Bonchev–Trinajstić information content (AvgIpc) is 3.09. The quantitative estimate of drug-likeness (QED) is 0.167. The van der Waals surface area contributed by atoms with Crippen molar-refractivity contribution in [2.75, 3.05) is 25.7 Å². The van der Waals surface area contributed by atoms with E-state index in [1.54, 1.807) is 45.0 Å². The summed E-state index contributed by atoms with van der Waals surface area (Å²) in [4.78, 5) is 22.4. The highest BCUT2D eigenvalue weighted by Crippen LogP contribution is 2.52. The van der Waals surface area contributed by atoms with Crippen LogP contribution in [0.3, 0.4) is 0 Å². The van der Waals surface area contributed by atoms with Crippen LogP contribution in [0.5, 0.6) is 11.5 Å². The van der Waals surface area contributed by atoms with Gasteiger partial charge in [0.1, 0.15) is 11.5 Å². The molecule has 45 heavy (non-hydrogen) atoms. The largest absolute Gasteiger partial charge is 0.497 e. The number of pyridine rings is 1. The van der Waals surface area contributed by atoms with Crippen LogP contribution in [0.25, 0.3) is 33.3 Å². The summed E-state index contributed by atoms with van der Waals surface area (Å²) in [6.45, 7) is 2.12. The highest BCUT2D eigenvalue weighted by atomic mass is 32.2. The Labute approximate surface area is 266 Å². The van der Waals surface area contributed by atoms with Gasteiger partial charge in [-0.25, -0.2) is 9.78 Å². The van der Waals surface area contributed by atoms with E-state index in [0.29, 0.717) is 23.7 Å². The topological polar surface area (TPSA) is 60.9 Å². The fourth-order valence-electron chi connectivity index (χ4n) is 5.72. The molecule has 2 heterocycles. The molecule has 222 valence electrons. The van der Waals surface area contributed by atoms with E-state index < -0.39 is 0 Å². The molecule has 0 atom stereocenters. The van der Waals surface area contributed by atoms with Crippen LogP contribution in [0.15, 0.2) is 125 Å². The van der Waals surface area contributed by atoms with E-state index in [9.17, 15) is 4.79 Å². The molecule has 6 aromatic rings. The number of fused-ring (bicyclic) bond motifs is 3. The first kappa shape index (κ1) is 28.5. The number of aromatic nitrogens is 1. The Kier molecular flexibility index (Phi) is 7.61. The summed E-state index contributed by atoms with van der Waals surface area (Å²) in [6.07, 6.45) is 0. The van der Waals surface area contributed by atoms with Crippen LogP contribution in [0.4, 0.5) is 17.1 Å². The summed E-state index contributed by atoms with van der Waals surface area (Å²) < 4.78 is 16.5. The van der Waals surface area contributed by atoms with Gasteiger partial charge in [0.25, 0.3) is 0 Å². The second-order valence-electron chi connectivity index (χ2n) is 10.5. The predicted molar refractivity (Wildman–Crippen MR) is 180 cm³/mol. The molecule has 0 radical (unpaired) electrons. The minimum atomic E-state index is -0.345. The number of nitrogens with zero attached hydrogens (tertiary/aromatic N) is 2. The maximum absolute atomic E-state index is 12.4. The smallest absolute Gasteiger partial charge is 0.338 e. The highest BCUT2D eigenvalue weighted by Gasteiger charge is 2.27. The molecule has 0 unspecified atom stereocenters. The maximum Gasteiger partial charge on any atom is 0.338 e. The summed E-state index contributed by atoms with van der Waals surface area (Å²) in [5.41, 5.74) is 8.09. The third kappa shape index (κ3) is 5.25. The van der Waals surface area contributed by atoms with Crippen LogP contribution >= 0.6 is 11.8 Å². The molecule has 5 aromatic carbocycles. The van der Waals surface area contributed by atoms with Crippen LogP contribution in [0, 0.1) is 0 Å². The zero-order valence-electron chi connectivity index (χ0n) is 25.1. The van der Waals surface area contributed by atoms with Gasteiger partial charge in [-0.3, -0.25) is 0 Å². The first-order valence-corrected chi connectivity index (χ1v) is 15.5. The fourth-order valence-corrected chi connectivity index (χ4v) is 6.78. The lowest BCUT2D eigenvalue weighted by molar-refractivity contribution is 0.0526. The summed E-state index contributed by atoms with van der Waals surface area (Å²) in [7, 11) is 3.31. The van der Waals surface area contributed by atoms with Crippen molar-refractivity contribution in [3.8, 4) is 33.9 Å². The van der Waals surface area contributed by atoms with Gasteiger partial charge in [-0.15, -0.1) is 0 Å². The molecular weight excluding hydrogens is 580 g/mol. The van der Waals surface area contributed by atoms with Gasteiger partial charge in [0.05, 0.1) is 54.7 Å². The van der Waals surface area contributed by atoms with Gasteiger partial charge >= 0.3 is 5.97 Å². The van der Waals surface area contributed by atoms with Crippen molar-refractivity contribution in [1.82, 2.24) is 4.98 Å². The first-order chi connectivity index (χ1) is 22.1. The average molecular weight is 611 g/mol. The SMILES string of the molecule is CCOC(=O)c1ccc(-c2cc(-c3cc(OC)cc(OC)c3)c3cccc(N4c5ccccc5Sc5ccccc54)c3n2)cc1. The number of carbonyl (C=O) groups excluding carboxylic acids is 1. The molecule has 0 saturated carbocycles. The summed E-state index contributed by atoms with van der Waals surface area (Å²) in [5.74, 6) is 1.05. The second kappa shape index (κ2) is 12.0. The lowest BCUT2D eigenvalue weighted by Gasteiger charge is -2.33. The van der Waals surface area contributed by atoms with E-state index in [4.69, 9.17) is 19.2 Å². The van der Waals surface area contributed by atoms with Crippen molar-refractivity contribution in [2.45, 2.75) is 16.7 Å². The molecule has 7 heteroatoms. The van der Waals surface area contributed by atoms with Crippen LogP contribution in [-0.4, -0.2) is 31.8 Å². The molecule has 0 saturated heterocycles. The van der Waals surface area contributed by atoms with Gasteiger partial charge in [-0.1, -0.05) is 60.3 Å². The number of benzene rings is 5. The Balaban J connectivity index is 1.50. The summed E-state index contributed by atoms with van der Waals surface area (Å²) in [6, 6.07) is 38.6. The third-order valence-corrected chi connectivity index (χ3v) is 8.98. The lowest BCUT2D eigenvalue weighted by Crippen LogP contribution is -2.15. The van der Waals surface area contributed by atoms with Gasteiger partial charge < -0.3 is 19.1 Å². The molecule has 0 amide bonds. The third-order valence-electron chi connectivity index (χ3n) is 7.85. The van der Waals surface area contributed by atoms with Gasteiger partial charge in [-0.2, -0.15) is 0 Å². The van der Waals surface area contributed by atoms with Gasteiger partial charge in [0.15, 0.2) is 0 Å². The molecule has 1 aliphatic heterocycles. The number of para-hydroxylation sites is 3. The Morgan fingerprint density at radius 1 is 0.711 bits per heavy atom. The van der Waals surface area contributed by atoms with Gasteiger partial charge in [0.2, 0.25) is 0 Å². The van der Waals surface area contributed by atoms with Crippen molar-refractivity contribution < 1.29 is 19.0 Å². The summed E-state index contributed by atoms with van der Waals surface area (Å²) >= 11 is 1.77. The Morgan fingerprint density at radius 2 is 1.33 bits per heavy atom. The Morgan fingerprint density at radius 3 is 1.96 bits per heavy atom. The number of carbonyl (C=O) groups is 1. The molecule has 6 nitrogen and oxygen atoms in total. The van der Waals surface area contributed by atoms with Crippen molar-refractivity contribution in [1.29, 1.82) is 0 Å². The lowest BCUT2D eigenvalue weighted by atomic mass is 9.96. The van der Waals surface area contributed by atoms with Crippen molar-refractivity contribution >= 4 is 45.7 Å². The van der Waals surface area contributed by atoms with E-state index >= 15 is 0 Å². The number of methoxy groups -OCH3 is 2. The number of ether oxygens (including phenoxy) is 3. The minimum Gasteiger partial charge on any atom is -0.497 e. The minimum absolute atomic E-state index is 0.324. The maximum atomic E-state index is 12.4. The summed E-state index contributed by atoms with van der Waals surface area (Å²) in [5, 5.41) is 0.989. The Hall–Kier alpha value is -5.27. The number of hydrogen-bond donors (Lipinski definition) is 0. The molecule has 0 bridgehead atoms. The van der Waals surface area contributed by atoms with Gasteiger partial charge in [0, 0.05) is 26.8 Å². The van der Waals surface area contributed by atoms with E-state index in [1.165, 1.54) is 9.79 Å². The van der Waals surface area contributed by atoms with Crippen molar-refractivity contribution in [3.05, 3.63) is 121 Å². The monoisotopic (exact) mass is 610 g/mol. The molecular formula is C38H30N2O4S. The number of anilines is 3. The zero-order valence-corrected chi connectivity index (χ0v) is 25.9. The normalized spacial score (nSPS) is 11.9. The highest BCUT2D eigenvalue weighted by molar-refractivity contribution is 7.99. The van der Waals surface area contributed by atoms with Crippen LogP contribution < -0.4 is 14.4 Å². The van der Waals surface area contributed by atoms with Crippen molar-refractivity contribution in [3.63, 3.8) is 0 Å². The number of esters is 1. The van der Waals surface area contributed by atoms with E-state index in [0.717, 1.165) is 50.3 Å². The number of hydrogen-bond acceptors (Lipinski definition) is 7.